The first-order valence-corrected chi connectivity index (χ1v) is 6.33. The smallest absolute Gasteiger partial charge is 0.0195 e. The largest absolute Gasteiger partial charge is 0.313 e. The van der Waals surface area contributed by atoms with Gasteiger partial charge in [0, 0.05) is 25.7 Å². The van der Waals surface area contributed by atoms with E-state index in [-0.39, 0.29) is 0 Å². The third kappa shape index (κ3) is 5.50. The summed E-state index contributed by atoms with van der Waals surface area (Å²) in [5, 5.41) is 3.58. The van der Waals surface area contributed by atoms with E-state index in [1.54, 1.807) is 0 Å². The van der Waals surface area contributed by atoms with Crippen LogP contribution in [0.15, 0.2) is 0 Å². The van der Waals surface area contributed by atoms with Gasteiger partial charge in [-0.3, -0.25) is 0 Å². The predicted molar refractivity (Wildman–Crippen MR) is 66.3 cm³/mol. The SMILES string of the molecule is CCCN(CCN(C)C)CC1CCCN1. The Balaban J connectivity index is 2.22. The van der Waals surface area contributed by atoms with Crippen molar-refractivity contribution >= 4 is 0 Å². The topological polar surface area (TPSA) is 18.5 Å². The van der Waals surface area contributed by atoms with Gasteiger partial charge in [-0.25, -0.2) is 0 Å². The maximum absolute atomic E-state index is 3.58. The van der Waals surface area contributed by atoms with Crippen LogP contribution in [0.3, 0.4) is 0 Å². The van der Waals surface area contributed by atoms with Crippen LogP contribution in [0.5, 0.6) is 0 Å². The molecule has 0 aromatic carbocycles. The van der Waals surface area contributed by atoms with E-state index in [4.69, 9.17) is 0 Å². The second-order valence-electron chi connectivity index (χ2n) is 4.90. The highest BCUT2D eigenvalue weighted by Crippen LogP contribution is 2.07. The van der Waals surface area contributed by atoms with E-state index in [1.165, 1.54) is 52.0 Å². The van der Waals surface area contributed by atoms with Crippen molar-refractivity contribution in [1.82, 2.24) is 15.1 Å². The monoisotopic (exact) mass is 213 g/mol. The summed E-state index contributed by atoms with van der Waals surface area (Å²) in [5.74, 6) is 0. The highest BCUT2D eigenvalue weighted by atomic mass is 15.2. The van der Waals surface area contributed by atoms with E-state index >= 15 is 0 Å². The fourth-order valence-corrected chi connectivity index (χ4v) is 2.18. The average molecular weight is 213 g/mol. The van der Waals surface area contributed by atoms with Crippen LogP contribution in [0.4, 0.5) is 0 Å². The Bertz CT molecular complexity index is 153. The van der Waals surface area contributed by atoms with Gasteiger partial charge in [0.1, 0.15) is 0 Å². The lowest BCUT2D eigenvalue weighted by molar-refractivity contribution is 0.223. The fraction of sp³-hybridized carbons (Fsp3) is 1.00. The fourth-order valence-electron chi connectivity index (χ4n) is 2.18. The molecule has 3 heteroatoms. The van der Waals surface area contributed by atoms with Crippen molar-refractivity contribution < 1.29 is 0 Å². The minimum Gasteiger partial charge on any atom is -0.313 e. The Labute approximate surface area is 94.8 Å². The number of rotatable bonds is 7. The summed E-state index contributed by atoms with van der Waals surface area (Å²) < 4.78 is 0. The van der Waals surface area contributed by atoms with Gasteiger partial charge in [-0.05, 0) is 46.4 Å². The molecule has 3 nitrogen and oxygen atoms in total. The van der Waals surface area contributed by atoms with E-state index < -0.39 is 0 Å². The lowest BCUT2D eigenvalue weighted by Gasteiger charge is -2.26. The van der Waals surface area contributed by atoms with Crippen molar-refractivity contribution in [2.45, 2.75) is 32.2 Å². The van der Waals surface area contributed by atoms with Crippen molar-refractivity contribution in [2.24, 2.45) is 0 Å². The Morgan fingerprint density at radius 3 is 2.53 bits per heavy atom. The van der Waals surface area contributed by atoms with Gasteiger partial charge in [0.2, 0.25) is 0 Å². The molecule has 90 valence electrons. The van der Waals surface area contributed by atoms with Crippen molar-refractivity contribution in [3.8, 4) is 0 Å². The second-order valence-corrected chi connectivity index (χ2v) is 4.90. The van der Waals surface area contributed by atoms with Crippen LogP contribution >= 0.6 is 0 Å². The standard InChI is InChI=1S/C12H27N3/c1-4-8-15(10-9-14(2)3)11-12-6-5-7-13-12/h12-13H,4-11H2,1-3H3. The number of nitrogens with zero attached hydrogens (tertiary/aromatic N) is 2. The molecule has 1 saturated heterocycles. The van der Waals surface area contributed by atoms with Crippen LogP contribution < -0.4 is 5.32 Å². The molecule has 1 heterocycles. The summed E-state index contributed by atoms with van der Waals surface area (Å²) in [7, 11) is 4.30. The van der Waals surface area contributed by atoms with Crippen molar-refractivity contribution in [3.63, 3.8) is 0 Å². The summed E-state index contributed by atoms with van der Waals surface area (Å²) in [4.78, 5) is 4.87. The van der Waals surface area contributed by atoms with Gasteiger partial charge in [0.05, 0.1) is 0 Å². The lowest BCUT2D eigenvalue weighted by Crippen LogP contribution is -2.40. The molecule has 1 aliphatic rings. The Hall–Kier alpha value is -0.120. The normalized spacial score (nSPS) is 21.8. The Morgan fingerprint density at radius 2 is 2.00 bits per heavy atom. The zero-order valence-corrected chi connectivity index (χ0v) is 10.6. The lowest BCUT2D eigenvalue weighted by atomic mass is 10.2. The summed E-state index contributed by atoms with van der Waals surface area (Å²) >= 11 is 0. The molecule has 0 spiro atoms. The van der Waals surface area contributed by atoms with Crippen LogP contribution in [0.2, 0.25) is 0 Å². The first kappa shape index (κ1) is 12.9. The predicted octanol–water partition coefficient (Wildman–Crippen LogP) is 1.01. The maximum atomic E-state index is 3.58. The van der Waals surface area contributed by atoms with Crippen molar-refractivity contribution in [3.05, 3.63) is 0 Å². The van der Waals surface area contributed by atoms with Crippen molar-refractivity contribution in [2.75, 3.05) is 46.8 Å². The molecule has 1 unspecified atom stereocenters. The molecule has 1 N–H and O–H groups in total. The van der Waals surface area contributed by atoms with E-state index in [9.17, 15) is 0 Å². The minimum absolute atomic E-state index is 0.749. The second kappa shape index (κ2) is 7.20. The molecular weight excluding hydrogens is 186 g/mol. The van der Waals surface area contributed by atoms with E-state index in [0.29, 0.717) is 0 Å². The highest BCUT2D eigenvalue weighted by molar-refractivity contribution is 4.78. The molecule has 0 saturated carbocycles. The van der Waals surface area contributed by atoms with Crippen LogP contribution in [-0.2, 0) is 0 Å². The highest BCUT2D eigenvalue weighted by Gasteiger charge is 2.17. The van der Waals surface area contributed by atoms with Gasteiger partial charge in [-0.15, -0.1) is 0 Å². The first-order chi connectivity index (χ1) is 7.22. The van der Waals surface area contributed by atoms with Crippen LogP contribution in [-0.4, -0.2) is 62.7 Å². The molecule has 1 fully saturated rings. The number of hydrogen-bond donors (Lipinski definition) is 1. The minimum atomic E-state index is 0.749. The zero-order chi connectivity index (χ0) is 11.1. The van der Waals surface area contributed by atoms with Gasteiger partial charge < -0.3 is 15.1 Å². The summed E-state index contributed by atoms with van der Waals surface area (Å²) in [5.41, 5.74) is 0. The van der Waals surface area contributed by atoms with Gasteiger partial charge in [0.15, 0.2) is 0 Å². The van der Waals surface area contributed by atoms with E-state index in [0.717, 1.165) is 6.04 Å². The van der Waals surface area contributed by atoms with Gasteiger partial charge >= 0.3 is 0 Å². The zero-order valence-electron chi connectivity index (χ0n) is 10.6. The van der Waals surface area contributed by atoms with Gasteiger partial charge in [-0.1, -0.05) is 6.92 Å². The molecule has 0 aromatic rings. The quantitative estimate of drug-likeness (QED) is 0.681. The van der Waals surface area contributed by atoms with E-state index in [2.05, 4.69) is 36.1 Å². The van der Waals surface area contributed by atoms with Crippen LogP contribution in [0.25, 0.3) is 0 Å². The number of nitrogens with one attached hydrogen (secondary N) is 1. The van der Waals surface area contributed by atoms with E-state index in [1.807, 2.05) is 0 Å². The van der Waals surface area contributed by atoms with Gasteiger partial charge in [0.25, 0.3) is 0 Å². The molecule has 0 amide bonds. The molecule has 1 aliphatic heterocycles. The molecular formula is C12H27N3. The molecule has 0 bridgehead atoms. The third-order valence-electron chi connectivity index (χ3n) is 3.04. The molecule has 0 radical (unpaired) electrons. The summed E-state index contributed by atoms with van der Waals surface area (Å²) in [6.45, 7) is 8.35. The summed E-state index contributed by atoms with van der Waals surface area (Å²) in [6.07, 6.45) is 3.99. The number of likely N-dealkylation sites (N-methyl/N-ethyl adjacent to an activating group) is 1. The van der Waals surface area contributed by atoms with Crippen molar-refractivity contribution in [1.29, 1.82) is 0 Å². The third-order valence-corrected chi connectivity index (χ3v) is 3.04. The maximum Gasteiger partial charge on any atom is 0.0195 e. The molecule has 15 heavy (non-hydrogen) atoms. The summed E-state index contributed by atoms with van der Waals surface area (Å²) in [6, 6.07) is 0.749. The van der Waals surface area contributed by atoms with Gasteiger partial charge in [-0.2, -0.15) is 0 Å². The Morgan fingerprint density at radius 1 is 1.20 bits per heavy atom. The Kier molecular flexibility index (Phi) is 6.22. The average Bonchev–Trinajstić information content (AvgIpc) is 2.67. The molecule has 1 rings (SSSR count). The first-order valence-electron chi connectivity index (χ1n) is 6.33. The molecule has 0 aromatic heterocycles. The number of hydrogen-bond acceptors (Lipinski definition) is 3. The van der Waals surface area contributed by atoms with Crippen LogP contribution in [0.1, 0.15) is 26.2 Å². The molecule has 1 atom stereocenters. The van der Waals surface area contributed by atoms with Crippen LogP contribution in [0, 0.1) is 0 Å². The molecule has 0 aliphatic carbocycles.